The van der Waals surface area contributed by atoms with Crippen LogP contribution in [0.2, 0.25) is 5.02 Å². The van der Waals surface area contributed by atoms with Gasteiger partial charge in [0.05, 0.1) is 5.75 Å². The van der Waals surface area contributed by atoms with Gasteiger partial charge in [0.25, 0.3) is 0 Å². The summed E-state index contributed by atoms with van der Waals surface area (Å²) in [5, 5.41) is 8.09. The summed E-state index contributed by atoms with van der Waals surface area (Å²) < 4.78 is 5.57. The first kappa shape index (κ1) is 16.8. The minimum absolute atomic E-state index is 0.168. The number of thioether (sulfide) groups is 1. The fraction of sp³-hybridized carbons (Fsp3) is 0.400. The number of ether oxygens (including phenoxy) is 1. The summed E-state index contributed by atoms with van der Waals surface area (Å²) in [6.45, 7) is 5.99. The number of Topliss-reactive ketones (excluding diaryl/α,β-unsaturated/α-hetero) is 1. The molecule has 0 unspecified atom stereocenters. The summed E-state index contributed by atoms with van der Waals surface area (Å²) >= 11 is 7.13. The molecule has 2 aromatic rings. The Labute approximate surface area is 138 Å². The van der Waals surface area contributed by atoms with Gasteiger partial charge in [0.2, 0.25) is 5.16 Å². The Kier molecular flexibility index (Phi) is 5.47. The van der Waals surface area contributed by atoms with Crippen LogP contribution < -0.4 is 4.74 Å². The van der Waals surface area contributed by atoms with E-state index in [1.807, 2.05) is 20.8 Å². The van der Waals surface area contributed by atoms with Gasteiger partial charge < -0.3 is 4.74 Å². The molecule has 0 amide bonds. The van der Waals surface area contributed by atoms with Crippen LogP contribution in [0.4, 0.5) is 0 Å². The van der Waals surface area contributed by atoms with E-state index < -0.39 is 0 Å². The van der Waals surface area contributed by atoms with Crippen LogP contribution in [0.3, 0.4) is 0 Å². The second kappa shape index (κ2) is 7.15. The third kappa shape index (κ3) is 5.03. The number of hydrogen-bond donors (Lipinski definition) is 1. The Morgan fingerprint density at radius 1 is 1.32 bits per heavy atom. The normalized spacial score (nSPS) is 11.5. The molecular formula is C15H18ClN3O2S. The maximum absolute atomic E-state index is 11.9. The fourth-order valence-electron chi connectivity index (χ4n) is 1.44. The van der Waals surface area contributed by atoms with Gasteiger partial charge in [-0.2, -0.15) is 0 Å². The number of aromatic nitrogens is 3. The monoisotopic (exact) mass is 339 g/mol. The zero-order valence-corrected chi connectivity index (χ0v) is 14.3. The Hall–Kier alpha value is -1.53. The smallest absolute Gasteiger partial charge is 0.208 e. The first-order valence-corrected chi connectivity index (χ1v) is 8.17. The van der Waals surface area contributed by atoms with Crippen LogP contribution >= 0.6 is 23.4 Å². The molecule has 0 spiro atoms. The second-order valence-corrected chi connectivity index (χ2v) is 7.15. The maximum Gasteiger partial charge on any atom is 0.208 e. The summed E-state index contributed by atoms with van der Waals surface area (Å²) in [6.07, 6.45) is 0. The van der Waals surface area contributed by atoms with E-state index in [1.165, 1.54) is 11.8 Å². The van der Waals surface area contributed by atoms with Crippen LogP contribution in [0, 0.1) is 5.41 Å². The van der Waals surface area contributed by atoms with Crippen molar-refractivity contribution in [2.75, 3.05) is 5.75 Å². The molecule has 0 aliphatic rings. The fourth-order valence-corrected chi connectivity index (χ4v) is 2.54. The molecule has 22 heavy (non-hydrogen) atoms. The lowest BCUT2D eigenvalue weighted by Crippen LogP contribution is -2.22. The Balaban J connectivity index is 1.84. The van der Waals surface area contributed by atoms with E-state index in [-0.39, 0.29) is 17.8 Å². The van der Waals surface area contributed by atoms with Crippen LogP contribution in [0.5, 0.6) is 5.75 Å². The van der Waals surface area contributed by atoms with E-state index in [0.29, 0.717) is 27.5 Å². The standard InChI is InChI=1S/C15H18ClN3O2S/c1-15(2,3)12(20)9-22-14-17-13(18-19-14)8-21-11-6-4-10(16)5-7-11/h4-7H,8-9H2,1-3H3,(H,17,18,19). The van der Waals surface area contributed by atoms with Crippen LogP contribution in [0.15, 0.2) is 29.4 Å². The van der Waals surface area contributed by atoms with Crippen molar-refractivity contribution in [1.29, 1.82) is 0 Å². The van der Waals surface area contributed by atoms with Crippen molar-refractivity contribution in [2.24, 2.45) is 5.41 Å². The Morgan fingerprint density at radius 3 is 2.64 bits per heavy atom. The number of carbonyl (C=O) groups excluding carboxylic acids is 1. The third-order valence-corrected chi connectivity index (χ3v) is 3.97. The van der Waals surface area contributed by atoms with Crippen LogP contribution in [-0.2, 0) is 11.4 Å². The molecule has 0 fully saturated rings. The van der Waals surface area contributed by atoms with Gasteiger partial charge in [-0.1, -0.05) is 44.1 Å². The minimum atomic E-state index is -0.343. The number of ketones is 1. The van der Waals surface area contributed by atoms with E-state index in [2.05, 4.69) is 15.2 Å². The molecule has 7 heteroatoms. The summed E-state index contributed by atoms with van der Waals surface area (Å²) in [5.74, 6) is 1.85. The molecule has 1 N–H and O–H groups in total. The van der Waals surface area contributed by atoms with Gasteiger partial charge in [0.15, 0.2) is 5.82 Å². The first-order chi connectivity index (χ1) is 10.3. The minimum Gasteiger partial charge on any atom is -0.486 e. The van der Waals surface area contributed by atoms with Crippen molar-refractivity contribution in [2.45, 2.75) is 32.5 Å². The van der Waals surface area contributed by atoms with Crippen molar-refractivity contribution in [3.63, 3.8) is 0 Å². The molecule has 1 aromatic carbocycles. The number of nitrogens with one attached hydrogen (secondary N) is 1. The lowest BCUT2D eigenvalue weighted by atomic mass is 9.92. The number of H-pyrrole nitrogens is 1. The highest BCUT2D eigenvalue weighted by molar-refractivity contribution is 7.99. The van der Waals surface area contributed by atoms with E-state index in [4.69, 9.17) is 16.3 Å². The molecular weight excluding hydrogens is 322 g/mol. The van der Waals surface area contributed by atoms with Crippen molar-refractivity contribution < 1.29 is 9.53 Å². The zero-order chi connectivity index (χ0) is 16.2. The van der Waals surface area contributed by atoms with Crippen molar-refractivity contribution in [1.82, 2.24) is 15.2 Å². The van der Waals surface area contributed by atoms with Crippen LogP contribution in [0.1, 0.15) is 26.6 Å². The molecule has 5 nitrogen and oxygen atoms in total. The molecule has 0 atom stereocenters. The number of hydrogen-bond acceptors (Lipinski definition) is 5. The van der Waals surface area contributed by atoms with Gasteiger partial charge in [-0.3, -0.25) is 9.89 Å². The second-order valence-electron chi connectivity index (χ2n) is 5.77. The number of rotatable bonds is 6. The molecule has 118 valence electrons. The predicted octanol–water partition coefficient (Wildman–Crippen LogP) is 3.74. The van der Waals surface area contributed by atoms with Crippen molar-refractivity contribution in [3.05, 3.63) is 35.1 Å². The molecule has 1 aromatic heterocycles. The maximum atomic E-state index is 11.9. The molecule has 0 bridgehead atoms. The summed E-state index contributed by atoms with van der Waals surface area (Å²) in [6, 6.07) is 7.10. The summed E-state index contributed by atoms with van der Waals surface area (Å²) in [4.78, 5) is 16.2. The SMILES string of the molecule is CC(C)(C)C(=O)CSc1n[nH]c(COc2ccc(Cl)cc2)n1. The number of nitrogens with zero attached hydrogens (tertiary/aromatic N) is 2. The topological polar surface area (TPSA) is 67.9 Å². The lowest BCUT2D eigenvalue weighted by Gasteiger charge is -2.15. The summed E-state index contributed by atoms with van der Waals surface area (Å²) in [5.41, 5.74) is -0.343. The number of halogens is 1. The van der Waals surface area contributed by atoms with Gasteiger partial charge in [-0.15, -0.1) is 5.10 Å². The molecule has 2 rings (SSSR count). The Bertz CT molecular complexity index is 635. The lowest BCUT2D eigenvalue weighted by molar-refractivity contribution is -0.123. The molecule has 0 aliphatic carbocycles. The largest absolute Gasteiger partial charge is 0.486 e. The van der Waals surface area contributed by atoms with Crippen LogP contribution in [-0.4, -0.2) is 26.7 Å². The van der Waals surface area contributed by atoms with Gasteiger partial charge in [-0.05, 0) is 24.3 Å². The average Bonchev–Trinajstić information content (AvgIpc) is 2.91. The van der Waals surface area contributed by atoms with Gasteiger partial charge in [-0.25, -0.2) is 4.98 Å². The molecule has 0 saturated heterocycles. The molecule has 0 radical (unpaired) electrons. The first-order valence-electron chi connectivity index (χ1n) is 6.80. The highest BCUT2D eigenvalue weighted by Gasteiger charge is 2.21. The van der Waals surface area contributed by atoms with E-state index in [1.54, 1.807) is 24.3 Å². The van der Waals surface area contributed by atoms with E-state index in [9.17, 15) is 4.79 Å². The number of aromatic amines is 1. The molecule has 1 heterocycles. The van der Waals surface area contributed by atoms with E-state index in [0.717, 1.165) is 0 Å². The third-order valence-electron chi connectivity index (χ3n) is 2.87. The average molecular weight is 340 g/mol. The zero-order valence-electron chi connectivity index (χ0n) is 12.7. The van der Waals surface area contributed by atoms with Gasteiger partial charge >= 0.3 is 0 Å². The highest BCUT2D eigenvalue weighted by Crippen LogP contribution is 2.21. The van der Waals surface area contributed by atoms with Gasteiger partial charge in [0.1, 0.15) is 18.1 Å². The molecule has 0 saturated carbocycles. The number of carbonyl (C=O) groups is 1. The van der Waals surface area contributed by atoms with Crippen molar-refractivity contribution >= 4 is 29.1 Å². The number of benzene rings is 1. The predicted molar refractivity (Wildman–Crippen MR) is 87.4 cm³/mol. The molecule has 0 aliphatic heterocycles. The van der Waals surface area contributed by atoms with Crippen LogP contribution in [0.25, 0.3) is 0 Å². The van der Waals surface area contributed by atoms with Crippen molar-refractivity contribution in [3.8, 4) is 5.75 Å². The van der Waals surface area contributed by atoms with E-state index >= 15 is 0 Å². The Morgan fingerprint density at radius 2 is 2.00 bits per heavy atom. The quantitative estimate of drug-likeness (QED) is 0.812. The highest BCUT2D eigenvalue weighted by atomic mass is 35.5. The summed E-state index contributed by atoms with van der Waals surface area (Å²) in [7, 11) is 0. The van der Waals surface area contributed by atoms with Gasteiger partial charge in [0, 0.05) is 10.4 Å².